The third-order valence-electron chi connectivity index (χ3n) is 3.50. The molecule has 21 heavy (non-hydrogen) atoms. The van der Waals surface area contributed by atoms with Gasteiger partial charge in [-0.1, -0.05) is 13.2 Å². The number of carbonyl (C=O) groups excluding carboxylic acids is 2. The minimum atomic E-state index is -0.0810. The molecule has 0 saturated heterocycles. The molecule has 2 amide bonds. The monoisotopic (exact) mass is 291 g/mol. The van der Waals surface area contributed by atoms with Crippen LogP contribution in [0.3, 0.4) is 0 Å². The molecule has 0 spiro atoms. The highest BCUT2D eigenvalue weighted by Gasteiger charge is 2.32. The van der Waals surface area contributed by atoms with Crippen LogP contribution in [0.5, 0.6) is 0 Å². The van der Waals surface area contributed by atoms with Crippen molar-refractivity contribution in [1.82, 2.24) is 14.7 Å². The molecule has 1 aliphatic heterocycles. The molecule has 1 heterocycles. The fourth-order valence-electron chi connectivity index (χ4n) is 2.53. The number of amides is 2. The van der Waals surface area contributed by atoms with Gasteiger partial charge in [-0.15, -0.1) is 0 Å². The third kappa shape index (κ3) is 3.82. The zero-order chi connectivity index (χ0) is 16.2. The van der Waals surface area contributed by atoms with E-state index in [1.165, 1.54) is 6.92 Å². The van der Waals surface area contributed by atoms with Crippen LogP contribution in [0.15, 0.2) is 36.7 Å². The van der Waals surface area contributed by atoms with Crippen LogP contribution in [-0.4, -0.2) is 59.7 Å². The molecule has 0 fully saturated rings. The highest BCUT2D eigenvalue weighted by Crippen LogP contribution is 2.26. The van der Waals surface area contributed by atoms with Gasteiger partial charge in [-0.2, -0.15) is 0 Å². The predicted octanol–water partition coefficient (Wildman–Crippen LogP) is 1.60. The second kappa shape index (κ2) is 7.22. The molecule has 0 saturated carbocycles. The Kier molecular flexibility index (Phi) is 5.90. The van der Waals surface area contributed by atoms with Crippen molar-refractivity contribution in [3.05, 3.63) is 36.7 Å². The fraction of sp³-hybridized carbons (Fsp3) is 0.500. The van der Waals surface area contributed by atoms with Crippen LogP contribution in [0.1, 0.15) is 20.3 Å². The highest BCUT2D eigenvalue weighted by molar-refractivity contribution is 5.82. The summed E-state index contributed by atoms with van der Waals surface area (Å²) in [4.78, 5) is 29.6. The van der Waals surface area contributed by atoms with E-state index in [0.29, 0.717) is 30.9 Å². The van der Waals surface area contributed by atoms with E-state index in [9.17, 15) is 9.59 Å². The van der Waals surface area contributed by atoms with E-state index in [1.807, 2.05) is 25.9 Å². The lowest BCUT2D eigenvalue weighted by atomic mass is 10.1. The molecule has 0 radical (unpaired) electrons. The minimum absolute atomic E-state index is 0.0352. The van der Waals surface area contributed by atoms with Crippen LogP contribution >= 0.6 is 0 Å². The molecule has 0 bridgehead atoms. The summed E-state index contributed by atoms with van der Waals surface area (Å²) in [5.74, 6) is -0.0230. The molecule has 1 unspecified atom stereocenters. The standard InChI is InChI=1S/C16H25N3O2/c1-7-14-15(8-2)19(13(4)20)12(3)11-18(14)16(21)9-10-17(5)6/h7-8,12H,1-2,9-11H2,3-6H3. The molecule has 0 aromatic heterocycles. The van der Waals surface area contributed by atoms with E-state index >= 15 is 0 Å². The predicted molar refractivity (Wildman–Crippen MR) is 84.3 cm³/mol. The number of nitrogens with zero attached hydrogens (tertiary/aromatic N) is 3. The first-order chi connectivity index (χ1) is 9.83. The molecule has 1 atom stereocenters. The van der Waals surface area contributed by atoms with Crippen LogP contribution < -0.4 is 0 Å². The molecule has 5 nitrogen and oxygen atoms in total. The minimum Gasteiger partial charge on any atom is -0.309 e. The molecular weight excluding hydrogens is 266 g/mol. The summed E-state index contributed by atoms with van der Waals surface area (Å²) >= 11 is 0. The largest absolute Gasteiger partial charge is 0.309 e. The second-order valence-electron chi connectivity index (χ2n) is 5.47. The van der Waals surface area contributed by atoms with Gasteiger partial charge in [0.25, 0.3) is 0 Å². The Hall–Kier alpha value is -1.88. The lowest BCUT2D eigenvalue weighted by Crippen LogP contribution is -2.51. The Morgan fingerprint density at radius 3 is 2.29 bits per heavy atom. The fourth-order valence-corrected chi connectivity index (χ4v) is 2.53. The lowest BCUT2D eigenvalue weighted by Gasteiger charge is -2.41. The van der Waals surface area contributed by atoms with Crippen LogP contribution in [0.4, 0.5) is 0 Å². The summed E-state index contributed by atoms with van der Waals surface area (Å²) in [6, 6.07) is -0.0810. The van der Waals surface area contributed by atoms with E-state index in [0.717, 1.165) is 0 Å². The van der Waals surface area contributed by atoms with E-state index in [1.54, 1.807) is 22.0 Å². The molecule has 0 aliphatic carbocycles. The Balaban J connectivity index is 3.14. The maximum atomic E-state index is 12.4. The van der Waals surface area contributed by atoms with Crippen LogP contribution in [0, 0.1) is 0 Å². The van der Waals surface area contributed by atoms with Gasteiger partial charge >= 0.3 is 0 Å². The van der Waals surface area contributed by atoms with Gasteiger partial charge in [0.15, 0.2) is 0 Å². The first kappa shape index (κ1) is 17.2. The van der Waals surface area contributed by atoms with Gasteiger partial charge in [0.05, 0.1) is 17.4 Å². The van der Waals surface area contributed by atoms with Crippen LogP contribution in [0.2, 0.25) is 0 Å². The molecule has 0 aromatic rings. The average Bonchev–Trinajstić information content (AvgIpc) is 2.42. The maximum Gasteiger partial charge on any atom is 0.228 e. The van der Waals surface area contributed by atoms with Crippen molar-refractivity contribution >= 4 is 11.8 Å². The van der Waals surface area contributed by atoms with Crippen molar-refractivity contribution in [2.45, 2.75) is 26.3 Å². The van der Waals surface area contributed by atoms with Crippen LogP contribution in [-0.2, 0) is 9.59 Å². The number of hydrogen-bond donors (Lipinski definition) is 0. The molecular formula is C16H25N3O2. The van der Waals surface area contributed by atoms with Gasteiger partial charge in [-0.25, -0.2) is 0 Å². The zero-order valence-electron chi connectivity index (χ0n) is 13.4. The SMILES string of the molecule is C=CC1=C(C=C)N(C(C)=O)C(C)CN1C(=O)CCN(C)C. The molecule has 0 N–H and O–H groups in total. The van der Waals surface area contributed by atoms with Crippen molar-refractivity contribution in [3.8, 4) is 0 Å². The van der Waals surface area contributed by atoms with Gasteiger partial charge in [0, 0.05) is 26.4 Å². The Labute approximate surface area is 127 Å². The van der Waals surface area contributed by atoms with E-state index in [-0.39, 0.29) is 17.9 Å². The van der Waals surface area contributed by atoms with E-state index < -0.39 is 0 Å². The average molecular weight is 291 g/mol. The van der Waals surface area contributed by atoms with Crippen molar-refractivity contribution in [2.24, 2.45) is 0 Å². The Bertz CT molecular complexity index is 480. The van der Waals surface area contributed by atoms with Crippen molar-refractivity contribution < 1.29 is 9.59 Å². The Morgan fingerprint density at radius 2 is 1.86 bits per heavy atom. The molecule has 116 valence electrons. The van der Waals surface area contributed by atoms with Crippen LogP contribution in [0.25, 0.3) is 0 Å². The van der Waals surface area contributed by atoms with Crippen molar-refractivity contribution in [2.75, 3.05) is 27.2 Å². The molecule has 0 aromatic carbocycles. The van der Waals surface area contributed by atoms with Gasteiger partial charge in [0.2, 0.25) is 11.8 Å². The highest BCUT2D eigenvalue weighted by atomic mass is 16.2. The van der Waals surface area contributed by atoms with E-state index in [4.69, 9.17) is 0 Å². The first-order valence-electron chi connectivity index (χ1n) is 7.07. The van der Waals surface area contributed by atoms with Gasteiger partial charge in [-0.05, 0) is 33.2 Å². The molecule has 5 heteroatoms. The normalized spacial score (nSPS) is 19.0. The Morgan fingerprint density at radius 1 is 1.29 bits per heavy atom. The summed E-state index contributed by atoms with van der Waals surface area (Å²) in [7, 11) is 3.87. The summed E-state index contributed by atoms with van der Waals surface area (Å²) in [6.45, 7) is 12.2. The van der Waals surface area contributed by atoms with Gasteiger partial charge in [-0.3, -0.25) is 9.59 Å². The van der Waals surface area contributed by atoms with Gasteiger partial charge < -0.3 is 14.7 Å². The summed E-state index contributed by atoms with van der Waals surface area (Å²) in [6.07, 6.45) is 3.66. The summed E-state index contributed by atoms with van der Waals surface area (Å²) in [5, 5.41) is 0. The quantitative estimate of drug-likeness (QED) is 0.773. The molecule has 1 rings (SSSR count). The van der Waals surface area contributed by atoms with E-state index in [2.05, 4.69) is 13.2 Å². The summed E-state index contributed by atoms with van der Waals surface area (Å²) < 4.78 is 0. The first-order valence-corrected chi connectivity index (χ1v) is 7.07. The lowest BCUT2D eigenvalue weighted by molar-refractivity contribution is -0.135. The number of hydrogen-bond acceptors (Lipinski definition) is 3. The number of allylic oxidation sites excluding steroid dienone is 2. The third-order valence-corrected chi connectivity index (χ3v) is 3.50. The maximum absolute atomic E-state index is 12.4. The number of rotatable bonds is 5. The number of carbonyl (C=O) groups is 2. The van der Waals surface area contributed by atoms with Gasteiger partial charge in [0.1, 0.15) is 0 Å². The second-order valence-corrected chi connectivity index (χ2v) is 5.47. The topological polar surface area (TPSA) is 43.9 Å². The summed E-state index contributed by atoms with van der Waals surface area (Å²) in [5.41, 5.74) is 1.30. The zero-order valence-corrected chi connectivity index (χ0v) is 13.4. The smallest absolute Gasteiger partial charge is 0.228 e. The van der Waals surface area contributed by atoms with Crippen molar-refractivity contribution in [3.63, 3.8) is 0 Å². The molecule has 1 aliphatic rings. The van der Waals surface area contributed by atoms with Crippen molar-refractivity contribution in [1.29, 1.82) is 0 Å².